The first-order chi connectivity index (χ1) is 14.5. The van der Waals surface area contributed by atoms with Gasteiger partial charge in [0.2, 0.25) is 11.8 Å². The fourth-order valence-corrected chi connectivity index (χ4v) is 2.97. The van der Waals surface area contributed by atoms with Gasteiger partial charge in [-0.15, -0.1) is 5.92 Å². The van der Waals surface area contributed by atoms with Gasteiger partial charge in [0, 0.05) is 0 Å². The van der Waals surface area contributed by atoms with E-state index in [1.165, 1.54) is 0 Å². The van der Waals surface area contributed by atoms with E-state index in [9.17, 15) is 4.79 Å². The van der Waals surface area contributed by atoms with Gasteiger partial charge >= 0.3 is 6.09 Å². The summed E-state index contributed by atoms with van der Waals surface area (Å²) in [5, 5.41) is 2.79. The summed E-state index contributed by atoms with van der Waals surface area (Å²) in [6, 6.07) is 7.97. The molecule has 0 aliphatic carbocycles. The van der Waals surface area contributed by atoms with E-state index in [0.717, 1.165) is 5.56 Å². The van der Waals surface area contributed by atoms with Gasteiger partial charge in [-0.05, 0) is 32.3 Å². The summed E-state index contributed by atoms with van der Waals surface area (Å²) in [5.41, 5.74) is 0.899. The van der Waals surface area contributed by atoms with Crippen LogP contribution in [0, 0.1) is 17.8 Å². The molecule has 0 saturated heterocycles. The van der Waals surface area contributed by atoms with Crippen molar-refractivity contribution in [3.63, 3.8) is 0 Å². The van der Waals surface area contributed by atoms with Crippen molar-refractivity contribution in [3.05, 3.63) is 35.9 Å². The van der Waals surface area contributed by atoms with Crippen molar-refractivity contribution in [1.29, 1.82) is 0 Å². The molecule has 1 N–H and O–H groups in total. The topological polar surface area (TPSA) is 81.5 Å². The summed E-state index contributed by atoms with van der Waals surface area (Å²) in [5.74, 6) is 7.00. The summed E-state index contributed by atoms with van der Waals surface area (Å²) in [7, 11) is 0. The van der Waals surface area contributed by atoms with E-state index in [0.29, 0.717) is 25.0 Å². The van der Waals surface area contributed by atoms with Crippen LogP contribution in [0.5, 0.6) is 0 Å². The molecular weight excluding hydrogens is 382 g/mol. The molecule has 0 fully saturated rings. The predicted molar refractivity (Wildman–Crippen MR) is 118 cm³/mol. The van der Waals surface area contributed by atoms with Gasteiger partial charge in [0.1, 0.15) is 18.7 Å². The summed E-state index contributed by atoms with van der Waals surface area (Å²) < 4.78 is 16.9. The standard InChI is InChI=1S/C23H31N3O4/c1-6-12-18(24-23(27)30-15-17-13-10-9-11-14-17)20-22(29-8-3)25-19(16(4)5)21(26-20)28-7-2/h9-11,13-14,16,18-20H,7-8,15H2,1-5H3,(H,24,27)/t18?,19-,20+/m1/s1. The molecule has 0 radical (unpaired) electrons. The van der Waals surface area contributed by atoms with E-state index in [1.807, 2.05) is 44.2 Å². The van der Waals surface area contributed by atoms with Crippen molar-refractivity contribution in [3.8, 4) is 11.8 Å². The third kappa shape index (κ3) is 6.51. The van der Waals surface area contributed by atoms with Crippen LogP contribution in [0.4, 0.5) is 4.79 Å². The van der Waals surface area contributed by atoms with Gasteiger partial charge in [-0.1, -0.05) is 50.1 Å². The molecule has 1 amide bonds. The number of alkyl carbamates (subject to hydrolysis) is 1. The molecular formula is C23H31N3O4. The van der Waals surface area contributed by atoms with E-state index < -0.39 is 18.2 Å². The molecule has 0 aromatic heterocycles. The highest BCUT2D eigenvalue weighted by Gasteiger charge is 2.36. The van der Waals surface area contributed by atoms with Crippen LogP contribution < -0.4 is 5.32 Å². The van der Waals surface area contributed by atoms with Gasteiger partial charge in [-0.25, -0.2) is 14.8 Å². The minimum atomic E-state index is -0.660. The average Bonchev–Trinajstić information content (AvgIpc) is 2.73. The number of carbonyl (C=O) groups excluding carboxylic acids is 1. The highest BCUT2D eigenvalue weighted by molar-refractivity contribution is 5.95. The smallest absolute Gasteiger partial charge is 0.408 e. The van der Waals surface area contributed by atoms with Crippen molar-refractivity contribution in [1.82, 2.24) is 5.32 Å². The molecule has 3 atom stereocenters. The number of hydrogen-bond donors (Lipinski definition) is 1. The number of amides is 1. The molecule has 1 aliphatic heterocycles. The molecule has 1 heterocycles. The third-order valence-corrected chi connectivity index (χ3v) is 4.36. The molecule has 7 heteroatoms. The van der Waals surface area contributed by atoms with E-state index in [1.54, 1.807) is 6.92 Å². The first-order valence-electron chi connectivity index (χ1n) is 10.3. The molecule has 1 aromatic carbocycles. The lowest BCUT2D eigenvalue weighted by atomic mass is 10.0. The Labute approximate surface area is 178 Å². The van der Waals surface area contributed by atoms with Gasteiger partial charge < -0.3 is 19.5 Å². The lowest BCUT2D eigenvalue weighted by Crippen LogP contribution is -2.50. The van der Waals surface area contributed by atoms with Crippen LogP contribution in [-0.4, -0.2) is 49.2 Å². The van der Waals surface area contributed by atoms with Gasteiger partial charge in [0.25, 0.3) is 0 Å². The molecule has 162 valence electrons. The van der Waals surface area contributed by atoms with Crippen LogP contribution in [0.2, 0.25) is 0 Å². The molecule has 0 bridgehead atoms. The number of aliphatic imine (C=N–C) groups is 2. The second-order valence-corrected chi connectivity index (χ2v) is 7.01. The number of carbonyl (C=O) groups is 1. The minimum Gasteiger partial charge on any atom is -0.480 e. The second-order valence-electron chi connectivity index (χ2n) is 7.01. The Bertz CT molecular complexity index is 809. The molecule has 1 aromatic rings. The maximum absolute atomic E-state index is 12.4. The van der Waals surface area contributed by atoms with E-state index >= 15 is 0 Å². The molecule has 0 saturated carbocycles. The van der Waals surface area contributed by atoms with E-state index in [2.05, 4.69) is 31.0 Å². The van der Waals surface area contributed by atoms with Crippen molar-refractivity contribution in [2.45, 2.75) is 59.4 Å². The second kappa shape index (κ2) is 11.9. The highest BCUT2D eigenvalue weighted by Crippen LogP contribution is 2.20. The zero-order valence-electron chi connectivity index (χ0n) is 18.3. The summed E-state index contributed by atoms with van der Waals surface area (Å²) in [4.78, 5) is 21.9. The monoisotopic (exact) mass is 413 g/mol. The molecule has 1 aliphatic rings. The largest absolute Gasteiger partial charge is 0.480 e. The fourth-order valence-electron chi connectivity index (χ4n) is 2.97. The Morgan fingerprint density at radius 3 is 2.23 bits per heavy atom. The number of benzene rings is 1. The number of rotatable bonds is 7. The van der Waals surface area contributed by atoms with Crippen LogP contribution in [-0.2, 0) is 20.8 Å². The SMILES string of the molecule is CC#CC(NC(=O)OCc1ccccc1)[C@@H]1N=C(OCC)[C@@H](C(C)C)N=C1OCC. The van der Waals surface area contributed by atoms with Crippen LogP contribution >= 0.6 is 0 Å². The molecule has 2 rings (SSSR count). The molecule has 0 spiro atoms. The maximum atomic E-state index is 12.4. The lowest BCUT2D eigenvalue weighted by Gasteiger charge is -2.30. The number of ether oxygens (including phenoxy) is 3. The minimum absolute atomic E-state index is 0.166. The van der Waals surface area contributed by atoms with E-state index in [4.69, 9.17) is 24.2 Å². The van der Waals surface area contributed by atoms with Gasteiger partial charge in [-0.2, -0.15) is 0 Å². The van der Waals surface area contributed by atoms with Crippen LogP contribution in [0.25, 0.3) is 0 Å². The Morgan fingerprint density at radius 2 is 1.67 bits per heavy atom. The fraction of sp³-hybridized carbons (Fsp3) is 0.522. The number of hydrogen-bond acceptors (Lipinski definition) is 6. The average molecular weight is 414 g/mol. The van der Waals surface area contributed by atoms with Gasteiger partial charge in [-0.3, -0.25) is 0 Å². The Hall–Kier alpha value is -3.01. The maximum Gasteiger partial charge on any atom is 0.408 e. The van der Waals surface area contributed by atoms with Crippen molar-refractivity contribution in [2.75, 3.05) is 13.2 Å². The molecule has 7 nitrogen and oxygen atoms in total. The first kappa shape index (κ1) is 23.3. The first-order valence-corrected chi connectivity index (χ1v) is 10.3. The van der Waals surface area contributed by atoms with Gasteiger partial charge in [0.05, 0.1) is 13.2 Å². The molecule has 30 heavy (non-hydrogen) atoms. The normalized spacial score (nSPS) is 19.0. The van der Waals surface area contributed by atoms with E-state index in [-0.39, 0.29) is 18.6 Å². The third-order valence-electron chi connectivity index (χ3n) is 4.36. The van der Waals surface area contributed by atoms with Crippen LogP contribution in [0.1, 0.15) is 40.2 Å². The quantitative estimate of drug-likeness (QED) is 0.693. The predicted octanol–water partition coefficient (Wildman–Crippen LogP) is 3.58. The lowest BCUT2D eigenvalue weighted by molar-refractivity contribution is 0.137. The summed E-state index contributed by atoms with van der Waals surface area (Å²) in [6.45, 7) is 10.7. The highest BCUT2D eigenvalue weighted by atomic mass is 16.5. The van der Waals surface area contributed by atoms with Gasteiger partial charge in [0.15, 0.2) is 6.04 Å². The van der Waals surface area contributed by atoms with Crippen molar-refractivity contribution >= 4 is 17.9 Å². The summed E-state index contributed by atoms with van der Waals surface area (Å²) in [6.07, 6.45) is -0.582. The molecule has 1 unspecified atom stereocenters. The van der Waals surface area contributed by atoms with Crippen LogP contribution in [0.15, 0.2) is 40.3 Å². The van der Waals surface area contributed by atoms with Crippen molar-refractivity contribution < 1.29 is 19.0 Å². The van der Waals surface area contributed by atoms with Crippen LogP contribution in [0.3, 0.4) is 0 Å². The Balaban J connectivity index is 2.20. The Kier molecular flexibility index (Phi) is 9.20. The van der Waals surface area contributed by atoms with Crippen molar-refractivity contribution in [2.24, 2.45) is 15.9 Å². The summed E-state index contributed by atoms with van der Waals surface area (Å²) >= 11 is 0. The number of nitrogens with one attached hydrogen (secondary N) is 1. The number of nitrogens with zero attached hydrogens (tertiary/aromatic N) is 2. The zero-order valence-corrected chi connectivity index (χ0v) is 18.3. The zero-order chi connectivity index (χ0) is 21.9. The Morgan fingerprint density at radius 1 is 1.07 bits per heavy atom.